The number of thiophene rings is 1. The third-order valence-electron chi connectivity index (χ3n) is 6.72. The average Bonchev–Trinajstić information content (AvgIpc) is 3.25. The molecule has 7 nitrogen and oxygen atoms in total. The summed E-state index contributed by atoms with van der Waals surface area (Å²) in [6.45, 7) is 6.54. The molecule has 3 aliphatic rings. The highest BCUT2D eigenvalue weighted by Gasteiger charge is 2.52. The number of hydrogen-bond acceptors (Lipinski definition) is 8. The fourth-order valence-corrected chi connectivity index (χ4v) is 9.11. The lowest BCUT2D eigenvalue weighted by Crippen LogP contribution is -2.55. The Bertz CT molecular complexity index is 1100. The Morgan fingerprint density at radius 1 is 1.39 bits per heavy atom. The predicted octanol–water partition coefficient (Wildman–Crippen LogP) is 2.98. The number of nitrogens with one attached hydrogen (secondary N) is 1. The van der Waals surface area contributed by atoms with Gasteiger partial charge in [-0.25, -0.2) is 4.98 Å². The number of nitriles is 2. The van der Waals surface area contributed by atoms with Crippen molar-refractivity contribution in [1.82, 2.24) is 20.2 Å². The third kappa shape index (κ3) is 3.41. The van der Waals surface area contributed by atoms with Crippen molar-refractivity contribution in [3.8, 4) is 28.1 Å². The summed E-state index contributed by atoms with van der Waals surface area (Å²) in [4.78, 5) is 13.4. The second-order valence-corrected chi connectivity index (χ2v) is 12.5. The van der Waals surface area contributed by atoms with E-state index in [1.165, 1.54) is 11.3 Å². The van der Waals surface area contributed by atoms with E-state index in [-0.39, 0.29) is 10.2 Å². The maximum absolute atomic E-state index is 10.0. The molecule has 2 saturated heterocycles. The minimum absolute atomic E-state index is 0.0896. The number of ether oxygens (including phenoxy) is 1. The standard InChI is InChI=1S/C22H26N6OS2/c1-21(5-3-7-28(2)12-21)13-29-20-26-6-4-16(27-20)19-15(8-23)18-17(30-19)9-31(14-24)22(18)10-25-11-22/h4,6,25,31H,3,5,7,9-13H2,1-2H3/t21-/m1/s1. The van der Waals surface area contributed by atoms with Gasteiger partial charge in [-0.3, -0.25) is 0 Å². The molecule has 2 aromatic rings. The van der Waals surface area contributed by atoms with Gasteiger partial charge in [0.15, 0.2) is 0 Å². The van der Waals surface area contributed by atoms with Gasteiger partial charge < -0.3 is 15.0 Å². The van der Waals surface area contributed by atoms with Crippen molar-refractivity contribution in [2.75, 3.05) is 39.8 Å². The molecule has 31 heavy (non-hydrogen) atoms. The first-order chi connectivity index (χ1) is 15.0. The Kier molecular flexibility index (Phi) is 5.18. The molecule has 0 aliphatic carbocycles. The van der Waals surface area contributed by atoms with E-state index >= 15 is 0 Å². The van der Waals surface area contributed by atoms with Gasteiger partial charge in [0, 0.05) is 47.4 Å². The van der Waals surface area contributed by atoms with E-state index in [9.17, 15) is 10.5 Å². The maximum Gasteiger partial charge on any atom is 0.316 e. The molecular formula is C22H26N6OS2. The summed E-state index contributed by atoms with van der Waals surface area (Å²) in [5.41, 5.74) is 2.61. The molecule has 1 unspecified atom stereocenters. The van der Waals surface area contributed by atoms with Crippen LogP contribution in [-0.2, 0) is 10.5 Å². The molecule has 2 fully saturated rings. The lowest BCUT2D eigenvalue weighted by molar-refractivity contribution is 0.0659. The average molecular weight is 455 g/mol. The first-order valence-electron chi connectivity index (χ1n) is 10.6. The zero-order valence-corrected chi connectivity index (χ0v) is 19.5. The van der Waals surface area contributed by atoms with Crippen LogP contribution in [0.3, 0.4) is 0 Å². The van der Waals surface area contributed by atoms with Crippen molar-refractivity contribution in [3.63, 3.8) is 0 Å². The molecule has 0 bridgehead atoms. The maximum atomic E-state index is 10.0. The summed E-state index contributed by atoms with van der Waals surface area (Å²) < 4.78 is 5.88. The molecule has 0 radical (unpaired) electrons. The van der Waals surface area contributed by atoms with E-state index in [2.05, 4.69) is 45.6 Å². The predicted molar refractivity (Wildman–Crippen MR) is 123 cm³/mol. The molecule has 0 saturated carbocycles. The normalized spacial score (nSPS) is 27.8. The van der Waals surface area contributed by atoms with Crippen LogP contribution in [0.25, 0.3) is 10.6 Å². The van der Waals surface area contributed by atoms with Gasteiger partial charge in [0.25, 0.3) is 0 Å². The lowest BCUT2D eigenvalue weighted by atomic mass is 9.83. The highest BCUT2D eigenvalue weighted by molar-refractivity contribution is 8.21. The topological polar surface area (TPSA) is 97.9 Å². The van der Waals surface area contributed by atoms with E-state index in [1.807, 2.05) is 6.07 Å². The number of thiol groups is 1. The summed E-state index contributed by atoms with van der Waals surface area (Å²) in [5.74, 6) is 0.780. The summed E-state index contributed by atoms with van der Waals surface area (Å²) in [7, 11) is 1.37. The fraction of sp³-hybridized carbons (Fsp3) is 0.545. The van der Waals surface area contributed by atoms with Crippen molar-refractivity contribution in [1.29, 1.82) is 10.5 Å². The molecule has 0 aromatic carbocycles. The van der Waals surface area contributed by atoms with E-state index in [4.69, 9.17) is 4.74 Å². The number of likely N-dealkylation sites (tertiary alicyclic amines) is 1. The van der Waals surface area contributed by atoms with Gasteiger partial charge in [0.2, 0.25) is 0 Å². The van der Waals surface area contributed by atoms with Crippen LogP contribution in [0.2, 0.25) is 0 Å². The largest absolute Gasteiger partial charge is 0.463 e. The highest BCUT2D eigenvalue weighted by atomic mass is 32.2. The van der Waals surface area contributed by atoms with Gasteiger partial charge in [-0.15, -0.1) is 22.2 Å². The summed E-state index contributed by atoms with van der Waals surface area (Å²) >= 11 is 1.61. The van der Waals surface area contributed by atoms with Crippen molar-refractivity contribution < 1.29 is 4.74 Å². The number of fused-ring (bicyclic) bond motifs is 2. The van der Waals surface area contributed by atoms with Crippen LogP contribution in [0.4, 0.5) is 0 Å². The van der Waals surface area contributed by atoms with Crippen LogP contribution in [0.5, 0.6) is 6.01 Å². The molecule has 5 rings (SSSR count). The van der Waals surface area contributed by atoms with Gasteiger partial charge in [-0.1, -0.05) is 6.92 Å². The SMILES string of the molecule is CN1CCC[C@@](C)(COc2nccc(-c3sc4c(c3C#N)C3(CNC3)[SH](C#N)C4)n2)C1. The van der Waals surface area contributed by atoms with E-state index in [0.717, 1.165) is 54.5 Å². The van der Waals surface area contributed by atoms with E-state index in [1.54, 1.807) is 17.5 Å². The second kappa shape index (κ2) is 7.75. The summed E-state index contributed by atoms with van der Waals surface area (Å²) in [6.07, 6.45) is 4.01. The number of hydrogen-bond donors (Lipinski definition) is 2. The number of piperidine rings is 1. The van der Waals surface area contributed by atoms with Crippen molar-refractivity contribution in [2.24, 2.45) is 5.41 Å². The van der Waals surface area contributed by atoms with Gasteiger partial charge in [-0.2, -0.15) is 15.5 Å². The smallest absolute Gasteiger partial charge is 0.316 e. The van der Waals surface area contributed by atoms with Crippen molar-refractivity contribution in [3.05, 3.63) is 28.3 Å². The van der Waals surface area contributed by atoms with E-state index in [0.29, 0.717) is 18.2 Å². The molecule has 3 aliphatic heterocycles. The Morgan fingerprint density at radius 3 is 2.90 bits per heavy atom. The second-order valence-electron chi connectivity index (χ2n) is 9.20. The molecule has 9 heteroatoms. The molecule has 1 spiro atoms. The Labute approximate surface area is 189 Å². The monoisotopic (exact) mass is 454 g/mol. The molecule has 0 amide bonds. The molecule has 5 heterocycles. The van der Waals surface area contributed by atoms with Crippen LogP contribution >= 0.6 is 22.2 Å². The zero-order chi connectivity index (χ0) is 21.6. The highest BCUT2D eigenvalue weighted by Crippen LogP contribution is 2.63. The zero-order valence-electron chi connectivity index (χ0n) is 17.8. The minimum atomic E-state index is -0.783. The summed E-state index contributed by atoms with van der Waals surface area (Å²) in [6, 6.07) is 4.65. The first-order valence-corrected chi connectivity index (χ1v) is 12.9. The van der Waals surface area contributed by atoms with Gasteiger partial charge in [-0.05, 0) is 32.5 Å². The third-order valence-corrected chi connectivity index (χ3v) is 10.6. The molecule has 2 aromatic heterocycles. The lowest BCUT2D eigenvalue weighted by Gasteiger charge is -2.44. The number of rotatable bonds is 4. The van der Waals surface area contributed by atoms with Crippen LogP contribution in [0.15, 0.2) is 12.3 Å². The molecular weight excluding hydrogens is 428 g/mol. The Hall–Kier alpha value is -2.17. The first kappa shape index (κ1) is 20.7. The van der Waals surface area contributed by atoms with Gasteiger partial charge in [0.05, 0.1) is 27.5 Å². The number of thiocyanates is 1. The molecule has 2 atom stereocenters. The van der Waals surface area contributed by atoms with Crippen LogP contribution < -0.4 is 10.1 Å². The van der Waals surface area contributed by atoms with Gasteiger partial charge in [0.1, 0.15) is 11.5 Å². The Balaban J connectivity index is 1.42. The van der Waals surface area contributed by atoms with Crippen molar-refractivity contribution >= 4 is 22.2 Å². The van der Waals surface area contributed by atoms with Crippen molar-refractivity contribution in [2.45, 2.75) is 30.3 Å². The van der Waals surface area contributed by atoms with Crippen LogP contribution in [0, 0.1) is 27.4 Å². The minimum Gasteiger partial charge on any atom is -0.463 e. The fourth-order valence-electron chi connectivity index (χ4n) is 5.14. The van der Waals surface area contributed by atoms with E-state index < -0.39 is 10.9 Å². The number of nitrogens with zero attached hydrogens (tertiary/aromatic N) is 5. The summed E-state index contributed by atoms with van der Waals surface area (Å²) in [5, 5.41) is 25.6. The van der Waals surface area contributed by atoms with Crippen LogP contribution in [-0.4, -0.2) is 54.7 Å². The van der Waals surface area contributed by atoms with Crippen LogP contribution in [0.1, 0.15) is 35.8 Å². The number of aromatic nitrogens is 2. The molecule has 1 N–H and O–H groups in total. The quantitative estimate of drug-likeness (QED) is 0.541. The molecule has 162 valence electrons. The Morgan fingerprint density at radius 2 is 2.23 bits per heavy atom. The van der Waals surface area contributed by atoms with Gasteiger partial charge >= 0.3 is 6.01 Å².